The van der Waals surface area contributed by atoms with Gasteiger partial charge in [0, 0.05) is 38.6 Å². The number of aliphatic imine (C=N–C) groups is 1. The van der Waals surface area contributed by atoms with E-state index < -0.39 is 0 Å². The fraction of sp³-hybridized carbons (Fsp3) is 0.632. The van der Waals surface area contributed by atoms with E-state index in [2.05, 4.69) is 46.5 Å². The minimum Gasteiger partial charge on any atom is -0.488 e. The number of guanidine groups is 1. The summed E-state index contributed by atoms with van der Waals surface area (Å²) < 4.78 is 11.5. The van der Waals surface area contributed by atoms with Crippen LogP contribution in [0.1, 0.15) is 19.4 Å². The van der Waals surface area contributed by atoms with Gasteiger partial charge in [0.2, 0.25) is 0 Å². The number of hydrogen-bond acceptors (Lipinski definition) is 4. The first-order chi connectivity index (χ1) is 12.2. The third kappa shape index (κ3) is 5.47. The van der Waals surface area contributed by atoms with Crippen molar-refractivity contribution in [2.45, 2.75) is 38.5 Å². The number of benzene rings is 1. The van der Waals surface area contributed by atoms with Crippen molar-refractivity contribution in [2.75, 3.05) is 39.9 Å². The second kappa shape index (κ2) is 10.3. The van der Waals surface area contributed by atoms with Gasteiger partial charge in [-0.2, -0.15) is 0 Å². The number of hydrogen-bond donors (Lipinski definition) is 2. The van der Waals surface area contributed by atoms with Crippen molar-refractivity contribution >= 4 is 29.9 Å². The summed E-state index contributed by atoms with van der Waals surface area (Å²) in [7, 11) is 1.81. The van der Waals surface area contributed by atoms with Gasteiger partial charge in [0.1, 0.15) is 11.9 Å². The Morgan fingerprint density at radius 1 is 1.35 bits per heavy atom. The van der Waals surface area contributed by atoms with Crippen LogP contribution in [0.2, 0.25) is 0 Å². The molecule has 0 radical (unpaired) electrons. The Bertz CT molecular complexity index is 574. The summed E-state index contributed by atoms with van der Waals surface area (Å²) in [4.78, 5) is 6.82. The van der Waals surface area contributed by atoms with Crippen molar-refractivity contribution in [2.24, 2.45) is 4.99 Å². The highest BCUT2D eigenvalue weighted by Gasteiger charge is 2.24. The lowest BCUT2D eigenvalue weighted by molar-refractivity contribution is -0.0174. The van der Waals surface area contributed by atoms with E-state index in [1.807, 2.05) is 19.2 Å². The number of nitrogens with zero attached hydrogens (tertiary/aromatic N) is 2. The van der Waals surface area contributed by atoms with Crippen molar-refractivity contribution < 1.29 is 9.47 Å². The Hall–Kier alpha value is -1.06. The summed E-state index contributed by atoms with van der Waals surface area (Å²) in [5.41, 5.74) is 1.28. The maximum Gasteiger partial charge on any atom is 0.191 e. The molecule has 0 bridgehead atoms. The van der Waals surface area contributed by atoms with Crippen molar-refractivity contribution in [3.05, 3.63) is 29.8 Å². The molecule has 1 aromatic carbocycles. The first-order valence-electron chi connectivity index (χ1n) is 9.20. The molecule has 3 rings (SSSR count). The second-order valence-corrected chi connectivity index (χ2v) is 6.90. The third-order valence-corrected chi connectivity index (χ3v) is 4.98. The molecular formula is C19H31IN4O2. The van der Waals surface area contributed by atoms with E-state index in [0.717, 1.165) is 51.0 Å². The van der Waals surface area contributed by atoms with Gasteiger partial charge in [-0.15, -0.1) is 24.0 Å². The summed E-state index contributed by atoms with van der Waals surface area (Å²) in [5, 5.41) is 6.82. The molecule has 7 heteroatoms. The van der Waals surface area contributed by atoms with Crippen LogP contribution >= 0.6 is 24.0 Å². The Morgan fingerprint density at radius 3 is 2.88 bits per heavy atom. The van der Waals surface area contributed by atoms with Gasteiger partial charge < -0.3 is 20.1 Å². The van der Waals surface area contributed by atoms with Gasteiger partial charge in [0.05, 0.1) is 19.8 Å². The lowest BCUT2D eigenvalue weighted by Gasteiger charge is -2.38. The van der Waals surface area contributed by atoms with E-state index in [1.54, 1.807) is 0 Å². The average molecular weight is 474 g/mol. The standard InChI is InChI=1S/C19H30N4O2.HI/c1-14(23-8-9-24-13-15(23)2)11-21-19(20-3)22-12-17-10-16-6-4-5-7-18(16)25-17;/h4-7,14-15,17H,8-13H2,1-3H3,(H2,20,21,22);1H. The fourth-order valence-electron chi connectivity index (χ4n) is 3.56. The molecule has 2 heterocycles. The summed E-state index contributed by atoms with van der Waals surface area (Å²) in [6.07, 6.45) is 1.11. The Kier molecular flexibility index (Phi) is 8.43. The first kappa shape index (κ1) is 21.2. The van der Waals surface area contributed by atoms with Gasteiger partial charge in [-0.25, -0.2) is 0 Å². The molecule has 26 heavy (non-hydrogen) atoms. The Labute approximate surface area is 173 Å². The van der Waals surface area contributed by atoms with Gasteiger partial charge in [0.15, 0.2) is 5.96 Å². The monoisotopic (exact) mass is 474 g/mol. The van der Waals surface area contributed by atoms with Crippen LogP contribution in [0.4, 0.5) is 0 Å². The zero-order valence-electron chi connectivity index (χ0n) is 15.9. The summed E-state index contributed by atoms with van der Waals surface area (Å²) in [6, 6.07) is 9.15. The lowest BCUT2D eigenvalue weighted by Crippen LogP contribution is -2.53. The van der Waals surface area contributed by atoms with Crippen molar-refractivity contribution in [1.82, 2.24) is 15.5 Å². The average Bonchev–Trinajstić information content (AvgIpc) is 3.05. The molecule has 6 nitrogen and oxygen atoms in total. The van der Waals surface area contributed by atoms with E-state index >= 15 is 0 Å². The molecule has 146 valence electrons. The molecular weight excluding hydrogens is 443 g/mol. The quantitative estimate of drug-likeness (QED) is 0.388. The fourth-order valence-corrected chi connectivity index (χ4v) is 3.56. The van der Waals surface area contributed by atoms with Crippen LogP contribution in [0.3, 0.4) is 0 Å². The van der Waals surface area contributed by atoms with E-state index in [0.29, 0.717) is 12.1 Å². The van der Waals surface area contributed by atoms with Crippen LogP contribution in [0.15, 0.2) is 29.3 Å². The van der Waals surface area contributed by atoms with E-state index in [4.69, 9.17) is 9.47 Å². The summed E-state index contributed by atoms with van der Waals surface area (Å²) in [5.74, 6) is 1.83. The minimum absolute atomic E-state index is 0. The molecule has 2 aliphatic heterocycles. The highest BCUT2D eigenvalue weighted by molar-refractivity contribution is 14.0. The number of para-hydroxylation sites is 1. The lowest BCUT2D eigenvalue weighted by atomic mass is 10.1. The van der Waals surface area contributed by atoms with E-state index in [9.17, 15) is 0 Å². The van der Waals surface area contributed by atoms with Crippen LogP contribution in [-0.4, -0.2) is 68.9 Å². The zero-order chi connectivity index (χ0) is 17.6. The van der Waals surface area contributed by atoms with Crippen LogP contribution in [0.5, 0.6) is 5.75 Å². The molecule has 0 spiro atoms. The van der Waals surface area contributed by atoms with Crippen molar-refractivity contribution in [3.8, 4) is 5.75 Å². The molecule has 0 aromatic heterocycles. The molecule has 1 aromatic rings. The molecule has 3 unspecified atom stereocenters. The SMILES string of the molecule is CN=C(NCC1Cc2ccccc2O1)NCC(C)N1CCOCC1C.I. The van der Waals surface area contributed by atoms with Crippen LogP contribution < -0.4 is 15.4 Å². The number of morpholine rings is 1. The topological polar surface area (TPSA) is 58.1 Å². The molecule has 3 atom stereocenters. The molecule has 0 amide bonds. The summed E-state index contributed by atoms with van der Waals surface area (Å²) >= 11 is 0. The zero-order valence-corrected chi connectivity index (χ0v) is 18.2. The van der Waals surface area contributed by atoms with Crippen LogP contribution in [0, 0.1) is 0 Å². The molecule has 1 saturated heterocycles. The number of rotatable bonds is 5. The van der Waals surface area contributed by atoms with Gasteiger partial charge in [-0.05, 0) is 25.5 Å². The van der Waals surface area contributed by atoms with Crippen LogP contribution in [0.25, 0.3) is 0 Å². The smallest absolute Gasteiger partial charge is 0.191 e. The van der Waals surface area contributed by atoms with Gasteiger partial charge in [-0.3, -0.25) is 9.89 Å². The van der Waals surface area contributed by atoms with Gasteiger partial charge in [0.25, 0.3) is 0 Å². The first-order valence-corrected chi connectivity index (χ1v) is 9.20. The predicted octanol–water partition coefficient (Wildman–Crippen LogP) is 1.88. The van der Waals surface area contributed by atoms with Gasteiger partial charge in [-0.1, -0.05) is 18.2 Å². The second-order valence-electron chi connectivity index (χ2n) is 6.90. The largest absolute Gasteiger partial charge is 0.488 e. The highest BCUT2D eigenvalue weighted by Crippen LogP contribution is 2.27. The number of halogens is 1. The van der Waals surface area contributed by atoms with Crippen molar-refractivity contribution in [1.29, 1.82) is 0 Å². The summed E-state index contributed by atoms with van der Waals surface area (Å²) in [6.45, 7) is 8.70. The number of fused-ring (bicyclic) bond motifs is 1. The molecule has 1 fully saturated rings. The number of nitrogens with one attached hydrogen (secondary N) is 2. The molecule has 2 N–H and O–H groups in total. The Morgan fingerprint density at radius 2 is 2.15 bits per heavy atom. The molecule has 0 saturated carbocycles. The van der Waals surface area contributed by atoms with Gasteiger partial charge >= 0.3 is 0 Å². The molecule has 0 aliphatic carbocycles. The third-order valence-electron chi connectivity index (χ3n) is 4.98. The highest BCUT2D eigenvalue weighted by atomic mass is 127. The molecule has 2 aliphatic rings. The normalized spacial score (nSPS) is 24.2. The van der Waals surface area contributed by atoms with E-state index in [-0.39, 0.29) is 30.1 Å². The number of ether oxygens (including phenoxy) is 2. The van der Waals surface area contributed by atoms with Crippen molar-refractivity contribution in [3.63, 3.8) is 0 Å². The minimum atomic E-state index is 0. The maximum atomic E-state index is 5.97. The Balaban J connectivity index is 0.00000243. The predicted molar refractivity (Wildman–Crippen MR) is 116 cm³/mol. The van der Waals surface area contributed by atoms with Crippen LogP contribution in [-0.2, 0) is 11.2 Å². The maximum absolute atomic E-state index is 5.97. The van der Waals surface area contributed by atoms with E-state index in [1.165, 1.54) is 5.56 Å².